The van der Waals surface area contributed by atoms with Crippen molar-refractivity contribution in [1.29, 1.82) is 0 Å². The fourth-order valence-electron chi connectivity index (χ4n) is 2.65. The second-order valence-electron chi connectivity index (χ2n) is 5.41. The van der Waals surface area contributed by atoms with Crippen molar-refractivity contribution in [3.63, 3.8) is 0 Å². The fraction of sp³-hybridized carbons (Fsp3) is 1.00. The van der Waals surface area contributed by atoms with Crippen LogP contribution in [0.1, 0.15) is 53.4 Å². The molecule has 2 nitrogen and oxygen atoms in total. The summed E-state index contributed by atoms with van der Waals surface area (Å²) in [6.07, 6.45) is 5.28. The summed E-state index contributed by atoms with van der Waals surface area (Å²) in [7, 11) is 0. The molecule has 2 heteroatoms. The van der Waals surface area contributed by atoms with Crippen LogP contribution in [-0.4, -0.2) is 36.6 Å². The van der Waals surface area contributed by atoms with Gasteiger partial charge in [-0.25, -0.2) is 0 Å². The van der Waals surface area contributed by atoms with E-state index < -0.39 is 0 Å². The average molecular weight is 226 g/mol. The molecule has 0 saturated carbocycles. The van der Waals surface area contributed by atoms with Crippen LogP contribution in [0.3, 0.4) is 0 Å². The molecule has 3 unspecified atom stereocenters. The number of hydrogen-bond acceptors (Lipinski definition) is 2. The van der Waals surface area contributed by atoms with Crippen molar-refractivity contribution in [3.05, 3.63) is 0 Å². The number of piperidine rings is 1. The molecule has 1 aliphatic heterocycles. The minimum Gasteiger partial charge on any atom is -0.313 e. The van der Waals surface area contributed by atoms with Crippen LogP contribution in [0.4, 0.5) is 0 Å². The topological polar surface area (TPSA) is 15.3 Å². The Morgan fingerprint density at radius 2 is 2.06 bits per heavy atom. The molecule has 1 rings (SSSR count). The normalized spacial score (nSPS) is 29.2. The Kier molecular flexibility index (Phi) is 6.37. The molecule has 1 heterocycles. The summed E-state index contributed by atoms with van der Waals surface area (Å²) >= 11 is 0. The van der Waals surface area contributed by atoms with E-state index in [1.54, 1.807) is 0 Å². The average Bonchev–Trinajstić information content (AvgIpc) is 2.30. The van der Waals surface area contributed by atoms with Gasteiger partial charge in [-0.3, -0.25) is 4.90 Å². The lowest BCUT2D eigenvalue weighted by molar-refractivity contribution is 0.101. The van der Waals surface area contributed by atoms with Gasteiger partial charge in [-0.15, -0.1) is 0 Å². The second kappa shape index (κ2) is 7.29. The third-order valence-corrected chi connectivity index (χ3v) is 4.13. The minimum absolute atomic E-state index is 0.688. The Bertz CT molecular complexity index is 182. The third kappa shape index (κ3) is 4.06. The predicted molar refractivity (Wildman–Crippen MR) is 71.8 cm³/mol. The Morgan fingerprint density at radius 1 is 1.31 bits per heavy atom. The highest BCUT2D eigenvalue weighted by molar-refractivity contribution is 4.81. The summed E-state index contributed by atoms with van der Waals surface area (Å²) in [4.78, 5) is 2.69. The fourth-order valence-corrected chi connectivity index (χ4v) is 2.65. The first-order chi connectivity index (χ1) is 7.69. The van der Waals surface area contributed by atoms with Crippen LogP contribution < -0.4 is 5.32 Å². The molecule has 0 aromatic heterocycles. The Balaban J connectivity index is 2.37. The van der Waals surface area contributed by atoms with Gasteiger partial charge in [-0.2, -0.15) is 0 Å². The van der Waals surface area contributed by atoms with E-state index >= 15 is 0 Å². The van der Waals surface area contributed by atoms with Gasteiger partial charge in [0.05, 0.1) is 0 Å². The van der Waals surface area contributed by atoms with Crippen LogP contribution in [0.5, 0.6) is 0 Å². The van der Waals surface area contributed by atoms with E-state index in [1.807, 2.05) is 0 Å². The smallest absolute Gasteiger partial charge is 0.0192 e. The number of nitrogens with one attached hydrogen (secondary N) is 1. The second-order valence-corrected chi connectivity index (χ2v) is 5.41. The zero-order valence-electron chi connectivity index (χ0n) is 11.6. The summed E-state index contributed by atoms with van der Waals surface area (Å²) in [5, 5.41) is 3.66. The molecule has 0 radical (unpaired) electrons. The zero-order chi connectivity index (χ0) is 12.0. The van der Waals surface area contributed by atoms with Crippen LogP contribution in [0.25, 0.3) is 0 Å². The van der Waals surface area contributed by atoms with Crippen molar-refractivity contribution in [2.75, 3.05) is 19.6 Å². The Hall–Kier alpha value is -0.0800. The molecule has 16 heavy (non-hydrogen) atoms. The van der Waals surface area contributed by atoms with Gasteiger partial charge in [0.1, 0.15) is 0 Å². The molecule has 3 atom stereocenters. The zero-order valence-corrected chi connectivity index (χ0v) is 11.6. The number of rotatable bonds is 6. The van der Waals surface area contributed by atoms with E-state index in [9.17, 15) is 0 Å². The number of hydrogen-bond donors (Lipinski definition) is 1. The molecule has 1 fully saturated rings. The van der Waals surface area contributed by atoms with Crippen molar-refractivity contribution >= 4 is 0 Å². The summed E-state index contributed by atoms with van der Waals surface area (Å²) < 4.78 is 0. The van der Waals surface area contributed by atoms with Crippen molar-refractivity contribution in [1.82, 2.24) is 10.2 Å². The van der Waals surface area contributed by atoms with E-state index in [0.29, 0.717) is 6.04 Å². The van der Waals surface area contributed by atoms with Gasteiger partial charge in [-0.05, 0) is 51.6 Å². The molecule has 0 aliphatic carbocycles. The molecule has 0 amide bonds. The molecule has 0 bridgehead atoms. The summed E-state index contributed by atoms with van der Waals surface area (Å²) in [6.45, 7) is 13.0. The summed E-state index contributed by atoms with van der Waals surface area (Å²) in [5.41, 5.74) is 0. The predicted octanol–water partition coefficient (Wildman–Crippen LogP) is 2.89. The molecule has 0 aromatic rings. The summed E-state index contributed by atoms with van der Waals surface area (Å²) in [5.74, 6) is 0.873. The van der Waals surface area contributed by atoms with Crippen molar-refractivity contribution in [2.24, 2.45) is 5.92 Å². The minimum atomic E-state index is 0.688. The van der Waals surface area contributed by atoms with Crippen molar-refractivity contribution in [3.8, 4) is 0 Å². The number of nitrogens with zero attached hydrogens (tertiary/aromatic N) is 1. The molecule has 1 N–H and O–H groups in total. The first-order valence-corrected chi connectivity index (χ1v) is 7.16. The van der Waals surface area contributed by atoms with Crippen molar-refractivity contribution < 1.29 is 0 Å². The maximum Gasteiger partial charge on any atom is 0.0192 e. The molecular formula is C14H30N2. The van der Waals surface area contributed by atoms with Crippen molar-refractivity contribution in [2.45, 2.75) is 65.5 Å². The highest BCUT2D eigenvalue weighted by Gasteiger charge is 2.25. The first-order valence-electron chi connectivity index (χ1n) is 7.16. The van der Waals surface area contributed by atoms with E-state index in [1.165, 1.54) is 38.8 Å². The van der Waals surface area contributed by atoms with Gasteiger partial charge in [0.25, 0.3) is 0 Å². The summed E-state index contributed by atoms with van der Waals surface area (Å²) in [6, 6.07) is 1.46. The maximum absolute atomic E-state index is 3.66. The molecular weight excluding hydrogens is 196 g/mol. The first kappa shape index (κ1) is 14.0. The molecule has 96 valence electrons. The van der Waals surface area contributed by atoms with Crippen LogP contribution >= 0.6 is 0 Å². The van der Waals surface area contributed by atoms with Crippen LogP contribution in [0.2, 0.25) is 0 Å². The van der Waals surface area contributed by atoms with Crippen LogP contribution in [0, 0.1) is 5.92 Å². The Labute approximate surface area is 102 Å². The lowest BCUT2D eigenvalue weighted by Gasteiger charge is -2.39. The Morgan fingerprint density at radius 3 is 2.69 bits per heavy atom. The van der Waals surface area contributed by atoms with E-state index in [-0.39, 0.29) is 0 Å². The molecule has 1 aliphatic rings. The van der Waals surface area contributed by atoms with Gasteiger partial charge >= 0.3 is 0 Å². The van der Waals surface area contributed by atoms with E-state index in [2.05, 4.69) is 37.9 Å². The maximum atomic E-state index is 3.66. The van der Waals surface area contributed by atoms with Gasteiger partial charge in [0.15, 0.2) is 0 Å². The quantitative estimate of drug-likeness (QED) is 0.749. The number of likely N-dealkylation sites (tertiary alicyclic amines) is 1. The highest BCUT2D eigenvalue weighted by Crippen LogP contribution is 2.22. The third-order valence-electron chi connectivity index (χ3n) is 4.13. The van der Waals surface area contributed by atoms with Gasteiger partial charge < -0.3 is 5.32 Å². The standard InChI is InChI=1S/C14H30N2/c1-5-9-15-14(6-2)11-16-10-7-8-12(3)13(16)4/h12-15H,5-11H2,1-4H3. The lowest BCUT2D eigenvalue weighted by atomic mass is 9.91. The molecule has 0 spiro atoms. The lowest BCUT2D eigenvalue weighted by Crippen LogP contribution is -2.49. The van der Waals surface area contributed by atoms with Gasteiger partial charge in [0.2, 0.25) is 0 Å². The van der Waals surface area contributed by atoms with Crippen LogP contribution in [-0.2, 0) is 0 Å². The SMILES string of the molecule is CCCNC(CC)CN1CCCC(C)C1C. The highest BCUT2D eigenvalue weighted by atomic mass is 15.2. The van der Waals surface area contributed by atoms with E-state index in [4.69, 9.17) is 0 Å². The monoisotopic (exact) mass is 226 g/mol. The largest absolute Gasteiger partial charge is 0.313 e. The van der Waals surface area contributed by atoms with Gasteiger partial charge in [-0.1, -0.05) is 20.8 Å². The van der Waals surface area contributed by atoms with E-state index in [0.717, 1.165) is 18.5 Å². The molecule has 1 saturated heterocycles. The van der Waals surface area contributed by atoms with Gasteiger partial charge in [0, 0.05) is 18.6 Å². The molecule has 0 aromatic carbocycles. The van der Waals surface area contributed by atoms with Crippen LogP contribution in [0.15, 0.2) is 0 Å².